The molecule has 0 saturated carbocycles. The van der Waals surface area contributed by atoms with Crippen LogP contribution in [0.15, 0.2) is 42.9 Å². The second-order valence-electron chi connectivity index (χ2n) is 9.94. The predicted molar refractivity (Wildman–Crippen MR) is 128 cm³/mol. The average molecular weight is 417 g/mol. The number of benzene rings is 1. The van der Waals surface area contributed by atoms with Gasteiger partial charge in [-0.25, -0.2) is 9.97 Å². The number of nitrogens with one attached hydrogen (secondary N) is 2. The van der Waals surface area contributed by atoms with Gasteiger partial charge in [0, 0.05) is 46.9 Å². The van der Waals surface area contributed by atoms with E-state index in [0.29, 0.717) is 11.6 Å². The minimum atomic E-state index is 0.0720. The maximum absolute atomic E-state index is 7.51. The van der Waals surface area contributed by atoms with Crippen molar-refractivity contribution < 1.29 is 0 Å². The summed E-state index contributed by atoms with van der Waals surface area (Å²) in [6.45, 7) is 11.1. The van der Waals surface area contributed by atoms with Crippen molar-refractivity contribution in [3.8, 4) is 11.3 Å². The van der Waals surface area contributed by atoms with E-state index in [1.807, 2.05) is 31.3 Å². The molecule has 6 heteroatoms. The molecule has 1 aliphatic rings. The van der Waals surface area contributed by atoms with Crippen molar-refractivity contribution in [2.45, 2.75) is 64.6 Å². The van der Waals surface area contributed by atoms with Crippen LogP contribution in [-0.4, -0.2) is 31.8 Å². The number of hydrogen-bond donors (Lipinski definition) is 3. The molecule has 0 bridgehead atoms. The van der Waals surface area contributed by atoms with Gasteiger partial charge in [-0.15, -0.1) is 0 Å². The van der Waals surface area contributed by atoms with Crippen molar-refractivity contribution in [1.29, 1.82) is 5.41 Å². The third kappa shape index (κ3) is 4.12. The molecular formula is C25H32N6. The van der Waals surface area contributed by atoms with E-state index in [2.05, 4.69) is 49.8 Å². The number of hydrogen-bond acceptors (Lipinski definition) is 5. The maximum Gasteiger partial charge on any atom is 0.158 e. The molecule has 2 aromatic heterocycles. The molecule has 3 aromatic rings. The van der Waals surface area contributed by atoms with Gasteiger partial charge in [-0.1, -0.05) is 18.2 Å². The Labute approximate surface area is 184 Å². The second-order valence-corrected chi connectivity index (χ2v) is 9.94. The number of rotatable bonds is 4. The molecule has 4 N–H and O–H groups in total. The highest BCUT2D eigenvalue weighted by atomic mass is 15.1. The Morgan fingerprint density at radius 2 is 1.90 bits per heavy atom. The standard InChI is InChI=1S/C25H32N6/c1-16-10-17(18(13-26)14-27)6-7-20(16)22-15-28-23-21(29-22)8-9-31(23)19-11-24(2,3)30-25(4,5)12-19/h6-10,13-15,19,26,30H,11-12,27H2,1-5H3/b18-14+,26-13?. The Bertz CT molecular complexity index is 1150. The van der Waals surface area contributed by atoms with E-state index >= 15 is 0 Å². The van der Waals surface area contributed by atoms with Crippen molar-refractivity contribution in [3.05, 3.63) is 54.0 Å². The van der Waals surface area contributed by atoms with Crippen LogP contribution in [0.5, 0.6) is 0 Å². The SMILES string of the molecule is Cc1cc(/C(C=N)=C/N)ccc1-c1cnc2c(ccn2C2CC(C)(C)NC(C)(C)C2)n1. The molecule has 0 atom stereocenters. The van der Waals surface area contributed by atoms with Crippen LogP contribution >= 0.6 is 0 Å². The van der Waals surface area contributed by atoms with Gasteiger partial charge in [-0.3, -0.25) is 0 Å². The molecule has 1 saturated heterocycles. The van der Waals surface area contributed by atoms with E-state index in [1.54, 1.807) is 0 Å². The average Bonchev–Trinajstić information content (AvgIpc) is 3.10. The molecule has 3 heterocycles. The molecule has 0 radical (unpaired) electrons. The zero-order valence-electron chi connectivity index (χ0n) is 19.0. The molecule has 1 aliphatic heterocycles. The van der Waals surface area contributed by atoms with Crippen molar-refractivity contribution in [3.63, 3.8) is 0 Å². The van der Waals surface area contributed by atoms with E-state index in [0.717, 1.165) is 46.4 Å². The lowest BCUT2D eigenvalue weighted by atomic mass is 9.79. The van der Waals surface area contributed by atoms with Crippen LogP contribution in [0.25, 0.3) is 28.0 Å². The predicted octanol–water partition coefficient (Wildman–Crippen LogP) is 4.84. The monoisotopic (exact) mass is 416 g/mol. The highest BCUT2D eigenvalue weighted by Crippen LogP contribution is 2.37. The lowest BCUT2D eigenvalue weighted by Gasteiger charge is -2.47. The number of aryl methyl sites for hydroxylation is 1. The van der Waals surface area contributed by atoms with Crippen molar-refractivity contribution >= 4 is 23.0 Å². The van der Waals surface area contributed by atoms with E-state index in [4.69, 9.17) is 21.1 Å². The third-order valence-corrected chi connectivity index (χ3v) is 6.15. The van der Waals surface area contributed by atoms with E-state index < -0.39 is 0 Å². The summed E-state index contributed by atoms with van der Waals surface area (Å²) in [5.41, 5.74) is 12.2. The fourth-order valence-corrected chi connectivity index (χ4v) is 5.18. The molecule has 0 unspecified atom stereocenters. The van der Waals surface area contributed by atoms with Crippen molar-refractivity contribution in [2.75, 3.05) is 0 Å². The normalized spacial score (nSPS) is 18.9. The number of piperidine rings is 1. The first-order chi connectivity index (χ1) is 14.6. The Morgan fingerprint density at radius 3 is 2.52 bits per heavy atom. The molecule has 31 heavy (non-hydrogen) atoms. The fraction of sp³-hybridized carbons (Fsp3) is 0.400. The molecule has 4 rings (SSSR count). The van der Waals surface area contributed by atoms with E-state index in [1.165, 1.54) is 12.4 Å². The maximum atomic E-state index is 7.51. The van der Waals surface area contributed by atoms with Crippen LogP contribution in [-0.2, 0) is 0 Å². The molecule has 0 amide bonds. The van der Waals surface area contributed by atoms with Gasteiger partial charge in [0.05, 0.1) is 11.9 Å². The van der Waals surface area contributed by atoms with Gasteiger partial charge in [0.1, 0.15) is 5.52 Å². The molecule has 6 nitrogen and oxygen atoms in total. The van der Waals surface area contributed by atoms with Crippen LogP contribution in [0, 0.1) is 12.3 Å². The van der Waals surface area contributed by atoms with Crippen LogP contribution < -0.4 is 11.1 Å². The lowest BCUT2D eigenvalue weighted by Crippen LogP contribution is -2.57. The molecule has 162 valence electrons. The van der Waals surface area contributed by atoms with Crippen LogP contribution in [0.3, 0.4) is 0 Å². The van der Waals surface area contributed by atoms with Gasteiger partial charge >= 0.3 is 0 Å². The summed E-state index contributed by atoms with van der Waals surface area (Å²) in [6.07, 6.45) is 8.83. The van der Waals surface area contributed by atoms with Crippen molar-refractivity contribution in [2.24, 2.45) is 5.73 Å². The first-order valence-electron chi connectivity index (χ1n) is 10.8. The quantitative estimate of drug-likeness (QED) is 0.531. The summed E-state index contributed by atoms with van der Waals surface area (Å²) in [6, 6.07) is 8.49. The summed E-state index contributed by atoms with van der Waals surface area (Å²) in [4.78, 5) is 9.76. The summed E-state index contributed by atoms with van der Waals surface area (Å²) >= 11 is 0. The molecule has 0 aliphatic carbocycles. The second kappa shape index (κ2) is 7.61. The summed E-state index contributed by atoms with van der Waals surface area (Å²) in [5.74, 6) is 0. The summed E-state index contributed by atoms with van der Waals surface area (Å²) < 4.78 is 2.30. The highest BCUT2D eigenvalue weighted by Gasteiger charge is 2.38. The van der Waals surface area contributed by atoms with Gasteiger partial charge in [-0.05, 0) is 64.7 Å². The zero-order valence-corrected chi connectivity index (χ0v) is 19.0. The minimum Gasteiger partial charge on any atom is -0.404 e. The highest BCUT2D eigenvalue weighted by molar-refractivity contribution is 6.08. The number of nitrogens with two attached hydrogens (primary N) is 1. The van der Waals surface area contributed by atoms with Crippen molar-refractivity contribution in [1.82, 2.24) is 19.9 Å². The van der Waals surface area contributed by atoms with E-state index in [-0.39, 0.29) is 11.1 Å². The Balaban J connectivity index is 1.69. The largest absolute Gasteiger partial charge is 0.404 e. The van der Waals surface area contributed by atoms with Crippen LogP contribution in [0.2, 0.25) is 0 Å². The van der Waals surface area contributed by atoms with Gasteiger partial charge in [0.2, 0.25) is 0 Å². The minimum absolute atomic E-state index is 0.0720. The first-order valence-corrected chi connectivity index (χ1v) is 10.8. The molecule has 1 aromatic carbocycles. The van der Waals surface area contributed by atoms with Crippen LogP contribution in [0.1, 0.15) is 57.7 Å². The zero-order chi connectivity index (χ0) is 22.4. The van der Waals surface area contributed by atoms with E-state index in [9.17, 15) is 0 Å². The number of nitrogens with zero attached hydrogens (tertiary/aromatic N) is 3. The van der Waals surface area contributed by atoms with Gasteiger partial charge in [-0.2, -0.15) is 0 Å². The Morgan fingerprint density at radius 1 is 1.19 bits per heavy atom. The number of fused-ring (bicyclic) bond motifs is 1. The topological polar surface area (TPSA) is 92.6 Å². The first kappa shape index (κ1) is 21.2. The number of allylic oxidation sites excluding steroid dienone is 1. The number of aromatic nitrogens is 3. The Hall–Kier alpha value is -2.99. The van der Waals surface area contributed by atoms with Gasteiger partial charge < -0.3 is 21.0 Å². The summed E-state index contributed by atoms with van der Waals surface area (Å²) in [5, 5.41) is 11.3. The molecular weight excluding hydrogens is 384 g/mol. The molecule has 0 spiro atoms. The smallest absolute Gasteiger partial charge is 0.158 e. The Kier molecular flexibility index (Phi) is 5.21. The summed E-state index contributed by atoms with van der Waals surface area (Å²) in [7, 11) is 0. The van der Waals surface area contributed by atoms with Gasteiger partial charge in [0.25, 0.3) is 0 Å². The lowest BCUT2D eigenvalue weighted by molar-refractivity contribution is 0.134. The van der Waals surface area contributed by atoms with Gasteiger partial charge in [0.15, 0.2) is 5.65 Å². The third-order valence-electron chi connectivity index (χ3n) is 6.15. The fourth-order valence-electron chi connectivity index (χ4n) is 5.18. The van der Waals surface area contributed by atoms with Crippen LogP contribution in [0.4, 0.5) is 0 Å². The molecule has 1 fully saturated rings.